The Bertz CT molecular complexity index is 730. The van der Waals surface area contributed by atoms with E-state index in [2.05, 4.69) is 22.1 Å². The van der Waals surface area contributed by atoms with Crippen LogP contribution >= 0.6 is 12.2 Å². The Morgan fingerprint density at radius 1 is 1.48 bits per heavy atom. The van der Waals surface area contributed by atoms with Gasteiger partial charge in [0.2, 0.25) is 5.91 Å². The molecule has 1 heterocycles. The van der Waals surface area contributed by atoms with Gasteiger partial charge in [0.05, 0.1) is 6.42 Å². The molecule has 0 aliphatic heterocycles. The number of aryl methyl sites for hydroxylation is 2. The van der Waals surface area contributed by atoms with Crippen LogP contribution in [0.5, 0.6) is 0 Å². The zero-order valence-corrected chi connectivity index (χ0v) is 13.0. The van der Waals surface area contributed by atoms with E-state index in [1.54, 1.807) is 10.6 Å². The van der Waals surface area contributed by atoms with Gasteiger partial charge in [-0.1, -0.05) is 12.1 Å². The number of H-pyrrole nitrogens is 1. The second-order valence-corrected chi connectivity index (χ2v) is 5.25. The Labute approximate surface area is 128 Å². The van der Waals surface area contributed by atoms with Gasteiger partial charge in [0, 0.05) is 12.2 Å². The Morgan fingerprint density at radius 3 is 2.90 bits per heavy atom. The van der Waals surface area contributed by atoms with Crippen LogP contribution < -0.4 is 5.32 Å². The fraction of sp³-hybridized carbons (Fsp3) is 0.267. The molecule has 0 aliphatic carbocycles. The van der Waals surface area contributed by atoms with E-state index in [4.69, 9.17) is 12.2 Å². The monoisotopic (exact) mass is 302 g/mol. The van der Waals surface area contributed by atoms with Crippen molar-refractivity contribution in [3.05, 3.63) is 52.6 Å². The molecule has 110 valence electrons. The molecule has 0 bridgehead atoms. The lowest BCUT2D eigenvalue weighted by atomic mass is 10.1. The lowest BCUT2D eigenvalue weighted by molar-refractivity contribution is -0.115. The minimum absolute atomic E-state index is 0.127. The Morgan fingerprint density at radius 2 is 2.24 bits per heavy atom. The number of anilines is 1. The largest absolute Gasteiger partial charge is 0.326 e. The smallest absolute Gasteiger partial charge is 0.232 e. The summed E-state index contributed by atoms with van der Waals surface area (Å²) in [4.78, 5) is 12.1. The van der Waals surface area contributed by atoms with Gasteiger partial charge in [-0.05, 0) is 49.3 Å². The Kier molecular flexibility index (Phi) is 4.70. The molecular formula is C15H18N4OS. The lowest BCUT2D eigenvalue weighted by Crippen LogP contribution is -2.17. The summed E-state index contributed by atoms with van der Waals surface area (Å²) in [6, 6.07) is 5.83. The van der Waals surface area contributed by atoms with E-state index in [9.17, 15) is 4.79 Å². The number of nitrogens with zero attached hydrogens (tertiary/aromatic N) is 2. The van der Waals surface area contributed by atoms with Gasteiger partial charge in [0.1, 0.15) is 5.82 Å². The minimum Gasteiger partial charge on any atom is -0.326 e. The van der Waals surface area contributed by atoms with Crippen LogP contribution in [0.15, 0.2) is 30.9 Å². The van der Waals surface area contributed by atoms with Gasteiger partial charge in [-0.25, -0.2) is 0 Å². The van der Waals surface area contributed by atoms with Crippen molar-refractivity contribution in [2.75, 3.05) is 5.32 Å². The number of amides is 1. The molecule has 0 atom stereocenters. The molecule has 5 nitrogen and oxygen atoms in total. The number of benzene rings is 1. The van der Waals surface area contributed by atoms with Crippen LogP contribution in [0.3, 0.4) is 0 Å². The summed E-state index contributed by atoms with van der Waals surface area (Å²) in [5.74, 6) is 0.471. The molecule has 0 saturated carbocycles. The highest BCUT2D eigenvalue weighted by Gasteiger charge is 2.11. The third-order valence-electron chi connectivity index (χ3n) is 3.26. The number of hydrogen-bond donors (Lipinski definition) is 2. The van der Waals surface area contributed by atoms with E-state index in [0.29, 0.717) is 17.1 Å². The van der Waals surface area contributed by atoms with E-state index in [-0.39, 0.29) is 12.3 Å². The fourth-order valence-electron chi connectivity index (χ4n) is 1.97. The summed E-state index contributed by atoms with van der Waals surface area (Å²) in [6.07, 6.45) is 1.88. The third-order valence-corrected chi connectivity index (χ3v) is 3.57. The first kappa shape index (κ1) is 15.2. The van der Waals surface area contributed by atoms with Gasteiger partial charge in [0.15, 0.2) is 4.77 Å². The first-order valence-electron chi connectivity index (χ1n) is 6.63. The quantitative estimate of drug-likeness (QED) is 0.659. The highest BCUT2D eigenvalue weighted by Crippen LogP contribution is 2.14. The summed E-state index contributed by atoms with van der Waals surface area (Å²) in [5, 5.41) is 9.65. The summed E-state index contributed by atoms with van der Waals surface area (Å²) in [6.45, 7) is 8.25. The maximum atomic E-state index is 12.1. The Hall–Kier alpha value is -2.21. The lowest BCUT2D eigenvalue weighted by Gasteiger charge is -2.08. The van der Waals surface area contributed by atoms with Crippen LogP contribution in [0.25, 0.3) is 0 Å². The standard InChI is InChI=1S/C15H18N4OS/c1-4-7-19-13(17-18-15(19)21)9-14(20)16-12-6-5-10(2)11(3)8-12/h4-6,8H,1,7,9H2,2-3H3,(H,16,20)(H,18,21). The highest BCUT2D eigenvalue weighted by molar-refractivity contribution is 7.71. The topological polar surface area (TPSA) is 62.7 Å². The fourth-order valence-corrected chi connectivity index (χ4v) is 2.20. The molecule has 0 radical (unpaired) electrons. The molecule has 1 amide bonds. The normalized spacial score (nSPS) is 10.4. The molecule has 21 heavy (non-hydrogen) atoms. The van der Waals surface area contributed by atoms with E-state index in [1.807, 2.05) is 32.0 Å². The van der Waals surface area contributed by atoms with Crippen LogP contribution in [0, 0.1) is 18.6 Å². The number of aromatic nitrogens is 3. The van der Waals surface area contributed by atoms with Crippen LogP contribution in [0.2, 0.25) is 0 Å². The Balaban J connectivity index is 2.09. The van der Waals surface area contributed by atoms with Crippen LogP contribution in [0.4, 0.5) is 5.69 Å². The first-order chi connectivity index (χ1) is 10.0. The van der Waals surface area contributed by atoms with Gasteiger partial charge in [0.25, 0.3) is 0 Å². The SMILES string of the molecule is C=CCn1c(CC(=O)Nc2ccc(C)c(C)c2)n[nH]c1=S. The van der Waals surface area contributed by atoms with Crippen molar-refractivity contribution < 1.29 is 4.79 Å². The summed E-state index contributed by atoms with van der Waals surface area (Å²) >= 11 is 5.12. The van der Waals surface area contributed by atoms with E-state index >= 15 is 0 Å². The third kappa shape index (κ3) is 3.66. The molecule has 0 spiro atoms. The number of hydrogen-bond acceptors (Lipinski definition) is 3. The molecule has 2 aromatic rings. The molecule has 0 aliphatic rings. The number of aromatic amines is 1. The van der Waals surface area contributed by atoms with Gasteiger partial charge >= 0.3 is 0 Å². The van der Waals surface area contributed by atoms with Gasteiger partial charge in [-0.3, -0.25) is 14.5 Å². The molecule has 2 rings (SSSR count). The molecule has 1 aromatic heterocycles. The molecular weight excluding hydrogens is 284 g/mol. The number of rotatable bonds is 5. The second kappa shape index (κ2) is 6.49. The van der Waals surface area contributed by atoms with E-state index in [1.165, 1.54) is 5.56 Å². The van der Waals surface area contributed by atoms with Crippen molar-refractivity contribution in [2.24, 2.45) is 0 Å². The van der Waals surface area contributed by atoms with Crippen molar-refractivity contribution in [3.63, 3.8) is 0 Å². The molecule has 6 heteroatoms. The minimum atomic E-state index is -0.127. The number of carbonyl (C=O) groups is 1. The number of nitrogens with one attached hydrogen (secondary N) is 2. The van der Waals surface area contributed by atoms with Crippen LogP contribution in [-0.2, 0) is 17.8 Å². The number of allylic oxidation sites excluding steroid dienone is 1. The molecule has 0 fully saturated rings. The summed E-state index contributed by atoms with van der Waals surface area (Å²) in [7, 11) is 0. The predicted molar refractivity (Wildman–Crippen MR) is 85.9 cm³/mol. The van der Waals surface area contributed by atoms with E-state index in [0.717, 1.165) is 11.3 Å². The van der Waals surface area contributed by atoms with Crippen molar-refractivity contribution in [3.8, 4) is 0 Å². The molecule has 0 saturated heterocycles. The van der Waals surface area contributed by atoms with Gasteiger partial charge in [-0.15, -0.1) is 6.58 Å². The zero-order valence-electron chi connectivity index (χ0n) is 12.1. The van der Waals surface area contributed by atoms with Crippen molar-refractivity contribution in [1.82, 2.24) is 14.8 Å². The van der Waals surface area contributed by atoms with Crippen molar-refractivity contribution >= 4 is 23.8 Å². The average molecular weight is 302 g/mol. The van der Waals surface area contributed by atoms with Crippen LogP contribution in [0.1, 0.15) is 17.0 Å². The first-order valence-corrected chi connectivity index (χ1v) is 7.04. The van der Waals surface area contributed by atoms with Crippen molar-refractivity contribution in [2.45, 2.75) is 26.8 Å². The van der Waals surface area contributed by atoms with E-state index < -0.39 is 0 Å². The van der Waals surface area contributed by atoms with Crippen molar-refractivity contribution in [1.29, 1.82) is 0 Å². The van der Waals surface area contributed by atoms with Gasteiger partial charge < -0.3 is 5.32 Å². The molecule has 0 unspecified atom stereocenters. The maximum Gasteiger partial charge on any atom is 0.232 e. The molecule has 2 N–H and O–H groups in total. The summed E-state index contributed by atoms with van der Waals surface area (Å²) < 4.78 is 2.24. The number of carbonyl (C=O) groups excluding carboxylic acids is 1. The molecule has 1 aromatic carbocycles. The maximum absolute atomic E-state index is 12.1. The van der Waals surface area contributed by atoms with Crippen LogP contribution in [-0.4, -0.2) is 20.7 Å². The predicted octanol–water partition coefficient (Wildman–Crippen LogP) is 2.92. The summed E-state index contributed by atoms with van der Waals surface area (Å²) in [5.41, 5.74) is 3.12. The average Bonchev–Trinajstić information content (AvgIpc) is 2.76. The second-order valence-electron chi connectivity index (χ2n) is 4.87. The van der Waals surface area contributed by atoms with Gasteiger partial charge in [-0.2, -0.15) is 5.10 Å². The zero-order chi connectivity index (χ0) is 15.4. The highest BCUT2D eigenvalue weighted by atomic mass is 32.1.